The van der Waals surface area contributed by atoms with Crippen LogP contribution in [0.5, 0.6) is 0 Å². The van der Waals surface area contributed by atoms with Crippen LogP contribution in [0.25, 0.3) is 17.0 Å². The van der Waals surface area contributed by atoms with Crippen molar-refractivity contribution in [1.82, 2.24) is 24.8 Å². The SMILES string of the molecule is Cc1cc(NCc2cccc(B(O)O)c2)nc(-c2nnn3c(C(N)=O)cccc23)n1. The quantitative estimate of drug-likeness (QED) is 0.326. The molecule has 0 atom stereocenters. The first kappa shape index (κ1) is 19.5. The van der Waals surface area contributed by atoms with E-state index >= 15 is 0 Å². The van der Waals surface area contributed by atoms with Gasteiger partial charge in [0.15, 0.2) is 11.5 Å². The number of primary amides is 1. The summed E-state index contributed by atoms with van der Waals surface area (Å²) in [5.74, 6) is 0.313. The molecule has 1 amide bonds. The van der Waals surface area contributed by atoms with Gasteiger partial charge in [0, 0.05) is 18.3 Å². The Morgan fingerprint density at radius 3 is 2.73 bits per heavy atom. The molecule has 150 valence electrons. The summed E-state index contributed by atoms with van der Waals surface area (Å²) >= 11 is 0. The molecule has 11 heteroatoms. The maximum Gasteiger partial charge on any atom is 0.488 e. The van der Waals surface area contributed by atoms with Gasteiger partial charge in [-0.25, -0.2) is 14.5 Å². The number of hydrogen-bond donors (Lipinski definition) is 4. The van der Waals surface area contributed by atoms with Gasteiger partial charge < -0.3 is 21.1 Å². The molecule has 10 nitrogen and oxygen atoms in total. The lowest BCUT2D eigenvalue weighted by molar-refractivity contribution is 0.0993. The number of carbonyl (C=O) groups excluding carboxylic acids is 1. The average Bonchev–Trinajstić information content (AvgIpc) is 3.16. The van der Waals surface area contributed by atoms with Gasteiger partial charge in [0.1, 0.15) is 11.5 Å². The van der Waals surface area contributed by atoms with Gasteiger partial charge in [-0.2, -0.15) is 0 Å². The van der Waals surface area contributed by atoms with Crippen LogP contribution in [0.2, 0.25) is 0 Å². The molecule has 3 heterocycles. The number of amides is 1. The number of rotatable bonds is 6. The first-order chi connectivity index (χ1) is 14.4. The number of aryl methyl sites for hydroxylation is 1. The zero-order chi connectivity index (χ0) is 21.3. The van der Waals surface area contributed by atoms with E-state index in [-0.39, 0.29) is 5.69 Å². The van der Waals surface area contributed by atoms with Crippen molar-refractivity contribution >= 4 is 29.8 Å². The standard InChI is InChI=1S/C19H18BN7O3/c1-11-8-16(22-10-12-4-2-5-13(9-12)20(29)30)24-19(23-11)17-14-6-3-7-15(18(21)28)27(14)26-25-17/h2-9,29-30H,10H2,1H3,(H2,21,28)(H,22,23,24). The minimum Gasteiger partial charge on any atom is -0.423 e. The minimum atomic E-state index is -1.52. The molecule has 4 aromatic rings. The molecule has 0 aliphatic carbocycles. The third kappa shape index (κ3) is 3.84. The zero-order valence-corrected chi connectivity index (χ0v) is 16.0. The highest BCUT2D eigenvalue weighted by molar-refractivity contribution is 6.58. The monoisotopic (exact) mass is 403 g/mol. The molecule has 5 N–H and O–H groups in total. The molecular weight excluding hydrogens is 385 g/mol. The Hall–Kier alpha value is -3.83. The molecule has 0 aliphatic rings. The number of nitrogens with two attached hydrogens (primary N) is 1. The van der Waals surface area contributed by atoms with Gasteiger partial charge >= 0.3 is 7.12 Å². The predicted octanol–water partition coefficient (Wildman–Crippen LogP) is -0.114. The molecule has 4 rings (SSSR count). The fourth-order valence-corrected chi connectivity index (χ4v) is 3.08. The van der Waals surface area contributed by atoms with Crippen molar-refractivity contribution in [2.24, 2.45) is 5.73 Å². The fourth-order valence-electron chi connectivity index (χ4n) is 3.08. The Morgan fingerprint density at radius 2 is 1.97 bits per heavy atom. The number of aromatic nitrogens is 5. The lowest BCUT2D eigenvalue weighted by Crippen LogP contribution is -2.30. The molecule has 1 aromatic carbocycles. The molecule has 30 heavy (non-hydrogen) atoms. The summed E-state index contributed by atoms with van der Waals surface area (Å²) in [6.45, 7) is 2.25. The van der Waals surface area contributed by atoms with E-state index in [2.05, 4.69) is 25.6 Å². The van der Waals surface area contributed by atoms with E-state index in [9.17, 15) is 14.8 Å². The first-order valence-corrected chi connectivity index (χ1v) is 9.11. The molecule has 3 aromatic heterocycles. The van der Waals surface area contributed by atoms with Crippen molar-refractivity contribution in [1.29, 1.82) is 0 Å². The number of carbonyl (C=O) groups is 1. The molecule has 0 saturated heterocycles. The van der Waals surface area contributed by atoms with Crippen LogP contribution < -0.4 is 16.5 Å². The highest BCUT2D eigenvalue weighted by Crippen LogP contribution is 2.22. The van der Waals surface area contributed by atoms with Gasteiger partial charge in [-0.3, -0.25) is 4.79 Å². The summed E-state index contributed by atoms with van der Waals surface area (Å²) in [5.41, 5.74) is 8.59. The Labute approximate surface area is 171 Å². The summed E-state index contributed by atoms with van der Waals surface area (Å²) in [4.78, 5) is 20.6. The van der Waals surface area contributed by atoms with E-state index in [0.717, 1.165) is 5.56 Å². The summed E-state index contributed by atoms with van der Waals surface area (Å²) in [5, 5.41) is 30.0. The van der Waals surface area contributed by atoms with E-state index in [1.807, 2.05) is 13.0 Å². The van der Waals surface area contributed by atoms with Crippen LogP contribution >= 0.6 is 0 Å². The molecule has 0 aliphatic heterocycles. The van der Waals surface area contributed by atoms with Gasteiger partial charge in [-0.15, -0.1) is 5.10 Å². The summed E-state index contributed by atoms with van der Waals surface area (Å²) in [7, 11) is -1.52. The number of pyridine rings is 1. The van der Waals surface area contributed by atoms with Crippen LogP contribution in [0, 0.1) is 6.92 Å². The molecule has 0 bridgehead atoms. The van der Waals surface area contributed by atoms with Crippen LogP contribution in [0.15, 0.2) is 48.5 Å². The number of hydrogen-bond acceptors (Lipinski definition) is 8. The number of anilines is 1. The molecule has 0 fully saturated rings. The lowest BCUT2D eigenvalue weighted by atomic mass is 9.80. The van der Waals surface area contributed by atoms with Crippen molar-refractivity contribution in [2.75, 3.05) is 5.32 Å². The second-order valence-corrected chi connectivity index (χ2v) is 6.70. The third-order valence-electron chi connectivity index (χ3n) is 4.48. The Morgan fingerprint density at radius 1 is 1.17 bits per heavy atom. The predicted molar refractivity (Wildman–Crippen MR) is 111 cm³/mol. The van der Waals surface area contributed by atoms with Gasteiger partial charge in [0.25, 0.3) is 5.91 Å². The van der Waals surface area contributed by atoms with Crippen LogP contribution in [-0.4, -0.2) is 47.9 Å². The maximum atomic E-state index is 11.6. The van der Waals surface area contributed by atoms with E-state index in [1.54, 1.807) is 42.5 Å². The second kappa shape index (κ2) is 7.89. The van der Waals surface area contributed by atoms with Gasteiger partial charge in [0.2, 0.25) is 0 Å². The number of nitrogens with one attached hydrogen (secondary N) is 1. The molecule has 0 unspecified atom stereocenters. The van der Waals surface area contributed by atoms with Gasteiger partial charge in [-0.1, -0.05) is 35.5 Å². The molecule has 0 spiro atoms. The number of nitrogens with zero attached hydrogens (tertiary/aromatic N) is 5. The van der Waals surface area contributed by atoms with Crippen molar-refractivity contribution in [3.05, 3.63) is 65.5 Å². The summed E-state index contributed by atoms with van der Waals surface area (Å²) < 4.78 is 1.36. The zero-order valence-electron chi connectivity index (χ0n) is 16.0. The first-order valence-electron chi connectivity index (χ1n) is 9.11. The molecule has 0 radical (unpaired) electrons. The van der Waals surface area contributed by atoms with Crippen LogP contribution in [-0.2, 0) is 6.54 Å². The van der Waals surface area contributed by atoms with Crippen molar-refractivity contribution in [3.8, 4) is 11.5 Å². The Kier molecular flexibility index (Phi) is 5.13. The van der Waals surface area contributed by atoms with E-state index in [1.165, 1.54) is 4.52 Å². The van der Waals surface area contributed by atoms with E-state index in [4.69, 9.17) is 5.73 Å². The Bertz CT molecular complexity index is 1240. The summed E-state index contributed by atoms with van der Waals surface area (Å²) in [6, 6.07) is 13.8. The van der Waals surface area contributed by atoms with Gasteiger partial charge in [-0.05, 0) is 30.1 Å². The van der Waals surface area contributed by atoms with Crippen molar-refractivity contribution in [3.63, 3.8) is 0 Å². The van der Waals surface area contributed by atoms with Crippen molar-refractivity contribution in [2.45, 2.75) is 13.5 Å². The largest absolute Gasteiger partial charge is 0.488 e. The maximum absolute atomic E-state index is 11.6. The molecular formula is C19H18BN7O3. The lowest BCUT2D eigenvalue weighted by Gasteiger charge is -2.09. The average molecular weight is 403 g/mol. The summed E-state index contributed by atoms with van der Waals surface area (Å²) in [6.07, 6.45) is 0. The highest BCUT2D eigenvalue weighted by Gasteiger charge is 2.17. The van der Waals surface area contributed by atoms with Crippen molar-refractivity contribution < 1.29 is 14.8 Å². The highest BCUT2D eigenvalue weighted by atomic mass is 16.4. The third-order valence-corrected chi connectivity index (χ3v) is 4.48. The minimum absolute atomic E-state index is 0.211. The molecule has 0 saturated carbocycles. The normalized spacial score (nSPS) is 10.9. The second-order valence-electron chi connectivity index (χ2n) is 6.70. The fraction of sp³-hybridized carbons (Fsp3) is 0.105. The van der Waals surface area contributed by atoms with E-state index < -0.39 is 13.0 Å². The van der Waals surface area contributed by atoms with Crippen LogP contribution in [0.1, 0.15) is 21.7 Å². The Balaban J connectivity index is 1.64. The van der Waals surface area contributed by atoms with Crippen LogP contribution in [0.4, 0.5) is 5.82 Å². The van der Waals surface area contributed by atoms with E-state index in [0.29, 0.717) is 40.6 Å². The smallest absolute Gasteiger partial charge is 0.423 e. The van der Waals surface area contributed by atoms with Crippen LogP contribution in [0.3, 0.4) is 0 Å². The number of benzene rings is 1. The van der Waals surface area contributed by atoms with Gasteiger partial charge in [0.05, 0.1) is 5.52 Å². The topological polar surface area (TPSA) is 152 Å². The number of fused-ring (bicyclic) bond motifs is 1.